The van der Waals surface area contributed by atoms with E-state index in [2.05, 4.69) is 10.3 Å². The lowest BCUT2D eigenvalue weighted by Gasteiger charge is -2.19. The van der Waals surface area contributed by atoms with Crippen molar-refractivity contribution in [2.45, 2.75) is 19.9 Å². The van der Waals surface area contributed by atoms with Gasteiger partial charge in [0.2, 0.25) is 0 Å². The van der Waals surface area contributed by atoms with Crippen LogP contribution in [0, 0.1) is 16.0 Å². The Labute approximate surface area is 98.0 Å². The van der Waals surface area contributed by atoms with E-state index >= 15 is 0 Å². The zero-order valence-electron chi connectivity index (χ0n) is 9.64. The molecule has 0 aliphatic heterocycles. The third kappa shape index (κ3) is 3.28. The summed E-state index contributed by atoms with van der Waals surface area (Å²) in [6, 6.07) is 0.786. The number of aliphatic hydroxyl groups is 1. The summed E-state index contributed by atoms with van der Waals surface area (Å²) in [5.74, 6) is -0.389. The second-order valence-corrected chi connectivity index (χ2v) is 4.04. The molecule has 1 aromatic rings. The third-order valence-electron chi connectivity index (χ3n) is 2.44. The van der Waals surface area contributed by atoms with E-state index in [0.717, 1.165) is 12.3 Å². The maximum absolute atomic E-state index is 11.7. The van der Waals surface area contributed by atoms with Gasteiger partial charge < -0.3 is 15.4 Å². The summed E-state index contributed by atoms with van der Waals surface area (Å²) in [5.41, 5.74) is -0.0592. The Morgan fingerprint density at radius 1 is 1.65 bits per heavy atom. The van der Waals surface area contributed by atoms with Crippen LogP contribution in [0.5, 0.6) is 0 Å². The van der Waals surface area contributed by atoms with Gasteiger partial charge >= 0.3 is 0 Å². The highest BCUT2D eigenvalue weighted by molar-refractivity contribution is 5.93. The largest absolute Gasteiger partial charge is 0.394 e. The number of aromatic amines is 1. The van der Waals surface area contributed by atoms with Crippen molar-refractivity contribution in [2.24, 2.45) is 5.92 Å². The number of aliphatic hydroxyl groups excluding tert-OH is 1. The first-order valence-electron chi connectivity index (χ1n) is 5.20. The van der Waals surface area contributed by atoms with E-state index in [-0.39, 0.29) is 29.9 Å². The van der Waals surface area contributed by atoms with Gasteiger partial charge in [0.25, 0.3) is 11.6 Å². The van der Waals surface area contributed by atoms with Gasteiger partial charge in [0.05, 0.1) is 23.8 Å². The Morgan fingerprint density at radius 3 is 2.71 bits per heavy atom. The van der Waals surface area contributed by atoms with E-state index in [1.54, 1.807) is 0 Å². The summed E-state index contributed by atoms with van der Waals surface area (Å²) in [6.45, 7) is 3.54. The minimum absolute atomic E-state index is 0.0777. The number of rotatable bonds is 5. The van der Waals surface area contributed by atoms with Crippen LogP contribution in [0.15, 0.2) is 12.3 Å². The lowest BCUT2D eigenvalue weighted by atomic mass is 10.1. The molecule has 0 bridgehead atoms. The first kappa shape index (κ1) is 13.2. The Bertz CT molecular complexity index is 413. The van der Waals surface area contributed by atoms with Crippen LogP contribution in [-0.4, -0.2) is 33.6 Å². The number of hydrogen-bond donors (Lipinski definition) is 3. The summed E-state index contributed by atoms with van der Waals surface area (Å²) in [4.78, 5) is 24.1. The van der Waals surface area contributed by atoms with Crippen LogP contribution >= 0.6 is 0 Å². The first-order chi connectivity index (χ1) is 7.95. The van der Waals surface area contributed by atoms with Crippen LogP contribution in [0.4, 0.5) is 5.69 Å². The molecule has 1 unspecified atom stereocenters. The second kappa shape index (κ2) is 5.44. The molecule has 7 heteroatoms. The number of carbonyl (C=O) groups is 1. The minimum atomic E-state index is -0.584. The van der Waals surface area contributed by atoms with Crippen molar-refractivity contribution in [3.05, 3.63) is 28.1 Å². The Morgan fingerprint density at radius 2 is 2.29 bits per heavy atom. The Hall–Kier alpha value is -1.89. The molecule has 3 N–H and O–H groups in total. The van der Waals surface area contributed by atoms with E-state index in [9.17, 15) is 14.9 Å². The van der Waals surface area contributed by atoms with E-state index < -0.39 is 10.8 Å². The summed E-state index contributed by atoms with van der Waals surface area (Å²) in [7, 11) is 0. The molecule has 1 rings (SSSR count). The predicted molar refractivity (Wildman–Crippen MR) is 60.6 cm³/mol. The molecule has 0 spiro atoms. The zero-order chi connectivity index (χ0) is 13.0. The third-order valence-corrected chi connectivity index (χ3v) is 2.44. The van der Waals surface area contributed by atoms with E-state index in [0.29, 0.717) is 0 Å². The van der Waals surface area contributed by atoms with Gasteiger partial charge in [-0.3, -0.25) is 14.9 Å². The molecule has 17 heavy (non-hydrogen) atoms. The van der Waals surface area contributed by atoms with Gasteiger partial charge in [-0.1, -0.05) is 13.8 Å². The van der Waals surface area contributed by atoms with Crippen molar-refractivity contribution in [3.63, 3.8) is 0 Å². The molecule has 1 aromatic heterocycles. The molecule has 0 saturated heterocycles. The molecule has 1 amide bonds. The highest BCUT2D eigenvalue weighted by Crippen LogP contribution is 2.12. The molecule has 0 saturated carbocycles. The summed E-state index contributed by atoms with van der Waals surface area (Å²) < 4.78 is 0. The van der Waals surface area contributed by atoms with Crippen molar-refractivity contribution in [1.29, 1.82) is 0 Å². The van der Waals surface area contributed by atoms with Gasteiger partial charge in [0.15, 0.2) is 0 Å². The molecule has 0 aromatic carbocycles. The van der Waals surface area contributed by atoms with Crippen LogP contribution in [0.3, 0.4) is 0 Å². The molecule has 0 radical (unpaired) electrons. The van der Waals surface area contributed by atoms with E-state index in [1.165, 1.54) is 0 Å². The summed E-state index contributed by atoms with van der Waals surface area (Å²) >= 11 is 0. The normalized spacial score (nSPS) is 12.5. The summed E-state index contributed by atoms with van der Waals surface area (Å²) in [5, 5.41) is 22.1. The van der Waals surface area contributed by atoms with Crippen molar-refractivity contribution < 1.29 is 14.8 Å². The van der Waals surface area contributed by atoms with Crippen LogP contribution < -0.4 is 5.32 Å². The van der Waals surface area contributed by atoms with Gasteiger partial charge in [0.1, 0.15) is 5.69 Å². The first-order valence-corrected chi connectivity index (χ1v) is 5.20. The van der Waals surface area contributed by atoms with Crippen LogP contribution in [0.1, 0.15) is 24.3 Å². The van der Waals surface area contributed by atoms with Gasteiger partial charge in [-0.25, -0.2) is 0 Å². The van der Waals surface area contributed by atoms with Gasteiger partial charge in [-0.2, -0.15) is 0 Å². The number of amides is 1. The van der Waals surface area contributed by atoms with E-state index in [1.807, 2.05) is 13.8 Å². The van der Waals surface area contributed by atoms with Crippen molar-refractivity contribution in [1.82, 2.24) is 10.3 Å². The number of carbonyl (C=O) groups excluding carboxylic acids is 1. The lowest BCUT2D eigenvalue weighted by Crippen LogP contribution is -2.41. The topological polar surface area (TPSA) is 108 Å². The predicted octanol–water partition coefficient (Wildman–Crippen LogP) is 0.670. The zero-order valence-corrected chi connectivity index (χ0v) is 9.64. The molecule has 0 aliphatic rings. The average molecular weight is 241 g/mol. The number of nitrogens with one attached hydrogen (secondary N) is 2. The number of nitrogens with zero attached hydrogens (tertiary/aromatic N) is 1. The SMILES string of the molecule is CC(C)C(CO)NC(=O)c1cc([N+](=O)[O-])c[nH]1. The van der Waals surface area contributed by atoms with Crippen LogP contribution in [0.25, 0.3) is 0 Å². The van der Waals surface area contributed by atoms with Crippen LogP contribution in [-0.2, 0) is 0 Å². The molecule has 0 fully saturated rings. The number of H-pyrrole nitrogens is 1. The fraction of sp³-hybridized carbons (Fsp3) is 0.500. The maximum Gasteiger partial charge on any atom is 0.287 e. The summed E-state index contributed by atoms with van der Waals surface area (Å²) in [6.07, 6.45) is 1.15. The molecular formula is C10H15N3O4. The second-order valence-electron chi connectivity index (χ2n) is 4.04. The lowest BCUT2D eigenvalue weighted by molar-refractivity contribution is -0.384. The molecule has 0 aliphatic carbocycles. The maximum atomic E-state index is 11.7. The van der Waals surface area contributed by atoms with Crippen LogP contribution in [0.2, 0.25) is 0 Å². The fourth-order valence-electron chi connectivity index (χ4n) is 1.29. The standard InChI is InChI=1S/C10H15N3O4/c1-6(2)9(5-14)12-10(15)8-3-7(4-11-8)13(16)17/h3-4,6,9,11,14H,5H2,1-2H3,(H,12,15). The number of hydrogen-bond acceptors (Lipinski definition) is 4. The minimum Gasteiger partial charge on any atom is -0.394 e. The van der Waals surface area contributed by atoms with Gasteiger partial charge in [-0.05, 0) is 5.92 Å². The molecule has 94 valence electrons. The average Bonchev–Trinajstić information content (AvgIpc) is 2.74. The highest BCUT2D eigenvalue weighted by Gasteiger charge is 2.19. The highest BCUT2D eigenvalue weighted by atomic mass is 16.6. The number of aromatic nitrogens is 1. The molecular weight excluding hydrogens is 226 g/mol. The quantitative estimate of drug-likeness (QED) is 0.520. The van der Waals surface area contributed by atoms with E-state index in [4.69, 9.17) is 5.11 Å². The Balaban J connectivity index is 2.72. The van der Waals surface area contributed by atoms with Crippen molar-refractivity contribution in [2.75, 3.05) is 6.61 Å². The Kier molecular flexibility index (Phi) is 4.22. The number of nitro groups is 1. The van der Waals surface area contributed by atoms with Crippen molar-refractivity contribution >= 4 is 11.6 Å². The molecule has 1 atom stereocenters. The fourth-order valence-corrected chi connectivity index (χ4v) is 1.29. The smallest absolute Gasteiger partial charge is 0.287 e. The molecule has 1 heterocycles. The molecule has 7 nitrogen and oxygen atoms in total. The van der Waals surface area contributed by atoms with Gasteiger partial charge in [0, 0.05) is 6.07 Å². The van der Waals surface area contributed by atoms with Gasteiger partial charge in [-0.15, -0.1) is 0 Å². The monoisotopic (exact) mass is 241 g/mol. The van der Waals surface area contributed by atoms with Crippen molar-refractivity contribution in [3.8, 4) is 0 Å².